The number of aromatic nitrogens is 1. The van der Waals surface area contributed by atoms with Gasteiger partial charge in [-0.15, -0.1) is 0 Å². The number of nitrogens with zero attached hydrogens (tertiary/aromatic N) is 1. The number of H-pyrrole nitrogens is 1. The molecule has 0 amide bonds. The van der Waals surface area contributed by atoms with E-state index in [1.54, 1.807) is 0 Å². The molecular weight excluding hydrogens is 348 g/mol. The van der Waals surface area contributed by atoms with Crippen molar-refractivity contribution in [3.05, 3.63) is 52.3 Å². The number of nitrogens with one attached hydrogen (secondary N) is 1. The smallest absolute Gasteiger partial charge is 0.0773 e. The van der Waals surface area contributed by atoms with Crippen molar-refractivity contribution >= 4 is 5.69 Å². The first-order valence-electron chi connectivity index (χ1n) is 10.6. The summed E-state index contributed by atoms with van der Waals surface area (Å²) in [7, 11) is 3.65. The van der Waals surface area contributed by atoms with Crippen molar-refractivity contribution in [3.63, 3.8) is 0 Å². The molecular formula is C24H36N2O2. The molecule has 0 radical (unpaired) electrons. The second-order valence-corrected chi connectivity index (χ2v) is 7.84. The van der Waals surface area contributed by atoms with Crippen LogP contribution in [0.15, 0.2) is 24.3 Å². The number of hydrogen-bond acceptors (Lipinski definition) is 3. The summed E-state index contributed by atoms with van der Waals surface area (Å²) in [4.78, 5) is 6.01. The topological polar surface area (TPSA) is 37.5 Å². The third-order valence-corrected chi connectivity index (χ3v) is 6.69. The highest BCUT2D eigenvalue weighted by Crippen LogP contribution is 2.52. The van der Waals surface area contributed by atoms with Gasteiger partial charge < -0.3 is 19.4 Å². The standard InChI is InChI=1S/C24H36N2O2/c1-8-19-15(4)22(25-16(19)5)21-23(27-6)20(24(21)28-7)17-11-13-18(14-12-17)26(9-2)10-3/h11-14,20-21,23-25H,8-10H2,1-7H3. The van der Waals surface area contributed by atoms with Crippen molar-refractivity contribution in [3.8, 4) is 0 Å². The van der Waals surface area contributed by atoms with E-state index < -0.39 is 0 Å². The number of methoxy groups -OCH3 is 2. The van der Waals surface area contributed by atoms with Gasteiger partial charge in [0.05, 0.1) is 18.1 Å². The number of benzene rings is 1. The summed E-state index contributed by atoms with van der Waals surface area (Å²) in [5.74, 6) is 0.486. The Balaban J connectivity index is 1.90. The summed E-state index contributed by atoms with van der Waals surface area (Å²) in [6.45, 7) is 13.0. The van der Waals surface area contributed by atoms with Crippen LogP contribution < -0.4 is 4.90 Å². The van der Waals surface area contributed by atoms with E-state index in [0.717, 1.165) is 19.5 Å². The Bertz CT molecular complexity index is 765. The second kappa shape index (κ2) is 8.71. The zero-order valence-electron chi connectivity index (χ0n) is 18.5. The molecule has 1 aromatic heterocycles. The van der Waals surface area contributed by atoms with Gasteiger partial charge in [0.15, 0.2) is 0 Å². The van der Waals surface area contributed by atoms with Crippen molar-refractivity contribution in [2.75, 3.05) is 32.2 Å². The van der Waals surface area contributed by atoms with Gasteiger partial charge in [0.2, 0.25) is 0 Å². The quantitative estimate of drug-likeness (QED) is 0.700. The van der Waals surface area contributed by atoms with Crippen LogP contribution in [0.3, 0.4) is 0 Å². The molecule has 0 aliphatic heterocycles. The molecule has 4 nitrogen and oxygen atoms in total. The van der Waals surface area contributed by atoms with Crippen LogP contribution in [-0.4, -0.2) is 44.5 Å². The summed E-state index contributed by atoms with van der Waals surface area (Å²) in [6, 6.07) is 8.95. The Morgan fingerprint density at radius 2 is 1.46 bits per heavy atom. The highest BCUT2D eigenvalue weighted by molar-refractivity contribution is 5.50. The molecule has 3 rings (SSSR count). The van der Waals surface area contributed by atoms with Crippen molar-refractivity contribution in [1.82, 2.24) is 4.98 Å². The van der Waals surface area contributed by atoms with Crippen LogP contribution in [0.4, 0.5) is 5.69 Å². The second-order valence-electron chi connectivity index (χ2n) is 7.84. The average molecular weight is 385 g/mol. The lowest BCUT2D eigenvalue weighted by atomic mass is 9.63. The fourth-order valence-corrected chi connectivity index (χ4v) is 5.14. The van der Waals surface area contributed by atoms with Crippen LogP contribution in [0, 0.1) is 13.8 Å². The fourth-order valence-electron chi connectivity index (χ4n) is 5.14. The summed E-state index contributed by atoms with van der Waals surface area (Å²) in [5, 5.41) is 0. The van der Waals surface area contributed by atoms with Crippen LogP contribution in [0.25, 0.3) is 0 Å². The van der Waals surface area contributed by atoms with Crippen LogP contribution in [0.2, 0.25) is 0 Å². The Morgan fingerprint density at radius 3 is 1.89 bits per heavy atom. The van der Waals surface area contributed by atoms with Gasteiger partial charge in [-0.2, -0.15) is 0 Å². The fraction of sp³-hybridized carbons (Fsp3) is 0.583. The molecule has 1 aliphatic carbocycles. The normalized spacial score (nSPS) is 24.2. The minimum atomic E-state index is 0.116. The number of hydrogen-bond donors (Lipinski definition) is 1. The van der Waals surface area contributed by atoms with Gasteiger partial charge in [0, 0.05) is 50.3 Å². The first-order valence-corrected chi connectivity index (χ1v) is 10.6. The maximum Gasteiger partial charge on any atom is 0.0773 e. The summed E-state index contributed by atoms with van der Waals surface area (Å²) < 4.78 is 12.0. The molecule has 0 bridgehead atoms. The van der Waals surface area contributed by atoms with E-state index in [9.17, 15) is 0 Å². The van der Waals surface area contributed by atoms with Gasteiger partial charge in [-0.3, -0.25) is 0 Å². The third-order valence-electron chi connectivity index (χ3n) is 6.69. The largest absolute Gasteiger partial charge is 0.380 e. The molecule has 1 aromatic carbocycles. The molecule has 154 valence electrons. The van der Waals surface area contributed by atoms with E-state index >= 15 is 0 Å². The Morgan fingerprint density at radius 1 is 0.893 bits per heavy atom. The minimum absolute atomic E-state index is 0.116. The van der Waals surface area contributed by atoms with E-state index in [0.29, 0.717) is 0 Å². The highest BCUT2D eigenvalue weighted by atomic mass is 16.5. The number of aryl methyl sites for hydroxylation is 1. The summed E-state index contributed by atoms with van der Waals surface area (Å²) in [5.41, 5.74) is 7.91. The molecule has 28 heavy (non-hydrogen) atoms. The molecule has 1 aliphatic rings. The lowest BCUT2D eigenvalue weighted by molar-refractivity contribution is -0.117. The number of rotatable bonds is 8. The van der Waals surface area contributed by atoms with Crippen molar-refractivity contribution < 1.29 is 9.47 Å². The zero-order chi connectivity index (χ0) is 20.4. The summed E-state index contributed by atoms with van der Waals surface area (Å²) >= 11 is 0. The molecule has 1 heterocycles. The maximum atomic E-state index is 6.00. The molecule has 1 saturated carbocycles. The molecule has 2 atom stereocenters. The lowest BCUT2D eigenvalue weighted by Gasteiger charge is -2.50. The van der Waals surface area contributed by atoms with E-state index in [-0.39, 0.29) is 24.0 Å². The van der Waals surface area contributed by atoms with Gasteiger partial charge in [-0.05, 0) is 62.9 Å². The molecule has 1 N–H and O–H groups in total. The van der Waals surface area contributed by atoms with Crippen molar-refractivity contribution in [1.29, 1.82) is 0 Å². The average Bonchev–Trinajstić information content (AvgIpc) is 2.97. The summed E-state index contributed by atoms with van der Waals surface area (Å²) in [6.07, 6.45) is 1.28. The Labute approximate surface area is 170 Å². The van der Waals surface area contributed by atoms with Gasteiger partial charge in [-0.1, -0.05) is 19.1 Å². The Kier molecular flexibility index (Phi) is 6.51. The number of anilines is 1. The molecule has 0 saturated heterocycles. The first kappa shape index (κ1) is 20.9. The number of aromatic amines is 1. The highest BCUT2D eigenvalue weighted by Gasteiger charge is 2.54. The van der Waals surface area contributed by atoms with Gasteiger partial charge in [-0.25, -0.2) is 0 Å². The lowest BCUT2D eigenvalue weighted by Crippen LogP contribution is -2.54. The van der Waals surface area contributed by atoms with E-state index in [1.807, 2.05) is 14.2 Å². The van der Waals surface area contributed by atoms with Crippen molar-refractivity contribution in [2.24, 2.45) is 0 Å². The van der Waals surface area contributed by atoms with Crippen LogP contribution in [-0.2, 0) is 15.9 Å². The maximum absolute atomic E-state index is 6.00. The van der Waals surface area contributed by atoms with Crippen molar-refractivity contribution in [2.45, 2.75) is 65.1 Å². The third kappa shape index (κ3) is 3.37. The van der Waals surface area contributed by atoms with Gasteiger partial charge in [0.1, 0.15) is 0 Å². The van der Waals surface area contributed by atoms with Gasteiger partial charge in [0.25, 0.3) is 0 Å². The van der Waals surface area contributed by atoms with Gasteiger partial charge >= 0.3 is 0 Å². The van der Waals surface area contributed by atoms with E-state index in [4.69, 9.17) is 9.47 Å². The minimum Gasteiger partial charge on any atom is -0.380 e. The monoisotopic (exact) mass is 384 g/mol. The molecule has 1 fully saturated rings. The van der Waals surface area contributed by atoms with Crippen LogP contribution in [0.5, 0.6) is 0 Å². The number of ether oxygens (including phenoxy) is 2. The zero-order valence-corrected chi connectivity index (χ0v) is 18.5. The molecule has 2 aromatic rings. The Hall–Kier alpha value is -1.78. The molecule has 4 heteroatoms. The predicted molar refractivity (Wildman–Crippen MR) is 117 cm³/mol. The molecule has 0 spiro atoms. The van der Waals surface area contributed by atoms with Crippen LogP contribution in [0.1, 0.15) is 60.7 Å². The SMILES string of the molecule is CCc1c(C)[nH]c(C2C(OC)C(c3ccc(N(CC)CC)cc3)C2OC)c1C. The first-order chi connectivity index (χ1) is 13.5. The van der Waals surface area contributed by atoms with Crippen LogP contribution >= 0.6 is 0 Å². The van der Waals surface area contributed by atoms with E-state index in [1.165, 1.54) is 33.8 Å². The van der Waals surface area contributed by atoms with E-state index in [2.05, 4.69) is 68.8 Å². The predicted octanol–water partition coefficient (Wildman–Crippen LogP) is 4.95. The molecule has 2 unspecified atom stereocenters.